The van der Waals surface area contributed by atoms with Crippen molar-refractivity contribution in [2.75, 3.05) is 5.32 Å². The zero-order valence-electron chi connectivity index (χ0n) is 16.0. The molecule has 3 aromatic heterocycles. The molecule has 0 bridgehead atoms. The van der Waals surface area contributed by atoms with Gasteiger partial charge in [0.15, 0.2) is 11.5 Å². The van der Waals surface area contributed by atoms with E-state index in [1.54, 1.807) is 12.4 Å². The minimum absolute atomic E-state index is 0.227. The molecule has 8 heteroatoms. The molecule has 1 atom stereocenters. The Kier molecular flexibility index (Phi) is 4.55. The molecular formula is C22H17FN6S. The highest BCUT2D eigenvalue weighted by Crippen LogP contribution is 2.38. The minimum atomic E-state index is -0.320. The van der Waals surface area contributed by atoms with E-state index in [2.05, 4.69) is 25.3 Å². The van der Waals surface area contributed by atoms with E-state index in [0.29, 0.717) is 32.8 Å². The average Bonchev–Trinajstić information content (AvgIpc) is 3.24. The molecule has 3 heterocycles. The second-order valence-electron chi connectivity index (χ2n) is 6.94. The van der Waals surface area contributed by atoms with E-state index in [9.17, 15) is 4.39 Å². The fourth-order valence-electron chi connectivity index (χ4n) is 3.58. The summed E-state index contributed by atoms with van der Waals surface area (Å²) in [6.07, 6.45) is 3.06. The number of nitrogens with one attached hydrogen (secondary N) is 2. The highest BCUT2D eigenvalue weighted by atomic mass is 32.1. The molecular weight excluding hydrogens is 399 g/mol. The van der Waals surface area contributed by atoms with Gasteiger partial charge >= 0.3 is 0 Å². The smallest absolute Gasteiger partial charge is 0.162 e. The van der Waals surface area contributed by atoms with Crippen molar-refractivity contribution < 1.29 is 4.39 Å². The third-order valence-corrected chi connectivity index (χ3v) is 5.46. The van der Waals surface area contributed by atoms with Gasteiger partial charge in [-0.2, -0.15) is 0 Å². The van der Waals surface area contributed by atoms with Crippen LogP contribution in [0.2, 0.25) is 0 Å². The summed E-state index contributed by atoms with van der Waals surface area (Å²) in [4.78, 5) is 21.4. The third-order valence-electron chi connectivity index (χ3n) is 4.99. The Morgan fingerprint density at radius 3 is 2.73 bits per heavy atom. The van der Waals surface area contributed by atoms with Crippen LogP contribution in [0.15, 0.2) is 66.1 Å². The molecule has 0 saturated carbocycles. The van der Waals surface area contributed by atoms with Crippen molar-refractivity contribution in [3.8, 4) is 11.1 Å². The number of H-pyrrole nitrogens is 1. The van der Waals surface area contributed by atoms with Crippen molar-refractivity contribution in [1.29, 1.82) is 0 Å². The van der Waals surface area contributed by atoms with Crippen molar-refractivity contribution >= 4 is 40.5 Å². The lowest BCUT2D eigenvalue weighted by Gasteiger charge is -2.21. The van der Waals surface area contributed by atoms with E-state index in [-0.39, 0.29) is 11.9 Å². The molecule has 0 spiro atoms. The van der Waals surface area contributed by atoms with Gasteiger partial charge in [-0.05, 0) is 30.7 Å². The van der Waals surface area contributed by atoms with Crippen LogP contribution >= 0.6 is 12.6 Å². The number of imidazole rings is 1. The maximum absolute atomic E-state index is 13.9. The fraction of sp³-hybridized carbons (Fsp3) is 0.0909. The van der Waals surface area contributed by atoms with Gasteiger partial charge in [0.25, 0.3) is 0 Å². The van der Waals surface area contributed by atoms with Crippen molar-refractivity contribution in [2.24, 2.45) is 0 Å². The zero-order chi connectivity index (χ0) is 20.7. The van der Waals surface area contributed by atoms with E-state index in [4.69, 9.17) is 17.6 Å². The quantitative estimate of drug-likeness (QED) is 0.352. The summed E-state index contributed by atoms with van der Waals surface area (Å²) >= 11 is 4.78. The van der Waals surface area contributed by atoms with E-state index in [1.165, 1.54) is 18.5 Å². The first kappa shape index (κ1) is 18.5. The monoisotopic (exact) mass is 416 g/mol. The van der Waals surface area contributed by atoms with Gasteiger partial charge in [-0.25, -0.2) is 24.3 Å². The molecule has 0 fully saturated rings. The summed E-state index contributed by atoms with van der Waals surface area (Å²) in [7, 11) is 0. The number of aromatic nitrogens is 5. The average molecular weight is 416 g/mol. The molecule has 0 aliphatic heterocycles. The number of halogens is 1. The highest BCUT2D eigenvalue weighted by molar-refractivity contribution is 7.80. The lowest BCUT2D eigenvalue weighted by molar-refractivity contribution is 0.629. The topological polar surface area (TPSA) is 79.4 Å². The summed E-state index contributed by atoms with van der Waals surface area (Å²) in [6, 6.07) is 14.2. The number of anilines is 1. The number of pyridine rings is 1. The van der Waals surface area contributed by atoms with Crippen LogP contribution in [0.5, 0.6) is 0 Å². The Labute approximate surface area is 177 Å². The van der Waals surface area contributed by atoms with Crippen molar-refractivity contribution in [3.63, 3.8) is 0 Å². The molecule has 0 aliphatic carbocycles. The minimum Gasteiger partial charge on any atom is -0.360 e. The van der Waals surface area contributed by atoms with Crippen LogP contribution < -0.4 is 5.32 Å². The number of hydrogen-bond acceptors (Lipinski definition) is 6. The predicted molar refractivity (Wildman–Crippen MR) is 118 cm³/mol. The summed E-state index contributed by atoms with van der Waals surface area (Å²) in [5.41, 5.74) is 4.58. The number of rotatable bonds is 4. The van der Waals surface area contributed by atoms with Gasteiger partial charge in [-0.15, -0.1) is 12.6 Å². The van der Waals surface area contributed by atoms with Crippen LogP contribution in [0.4, 0.5) is 10.2 Å². The maximum atomic E-state index is 13.9. The van der Waals surface area contributed by atoms with Crippen molar-refractivity contribution in [1.82, 2.24) is 24.9 Å². The number of fused-ring (bicyclic) bond motifs is 2. The fourth-order valence-corrected chi connectivity index (χ4v) is 4.01. The maximum Gasteiger partial charge on any atom is 0.162 e. The van der Waals surface area contributed by atoms with Gasteiger partial charge < -0.3 is 10.3 Å². The van der Waals surface area contributed by atoms with Crippen LogP contribution in [0.3, 0.4) is 0 Å². The molecule has 148 valence electrons. The number of thiol groups is 1. The lowest BCUT2D eigenvalue weighted by Crippen LogP contribution is -2.12. The Balaban J connectivity index is 1.69. The molecule has 0 saturated heterocycles. The van der Waals surface area contributed by atoms with Crippen molar-refractivity contribution in [3.05, 3.63) is 72.7 Å². The third kappa shape index (κ3) is 3.15. The van der Waals surface area contributed by atoms with Gasteiger partial charge in [0.05, 0.1) is 23.6 Å². The number of hydrogen-bond donors (Lipinski definition) is 3. The first-order valence-electron chi connectivity index (χ1n) is 9.40. The molecule has 30 heavy (non-hydrogen) atoms. The molecule has 5 aromatic rings. The Morgan fingerprint density at radius 2 is 1.90 bits per heavy atom. The first-order chi connectivity index (χ1) is 14.6. The molecule has 6 nitrogen and oxygen atoms in total. The molecule has 0 unspecified atom stereocenters. The summed E-state index contributed by atoms with van der Waals surface area (Å²) in [6.45, 7) is 2.00. The second-order valence-corrected chi connectivity index (χ2v) is 7.38. The second kappa shape index (κ2) is 7.38. The van der Waals surface area contributed by atoms with Crippen LogP contribution in [0.1, 0.15) is 18.7 Å². The Bertz CT molecular complexity index is 1370. The van der Waals surface area contributed by atoms with Gasteiger partial charge in [-0.3, -0.25) is 0 Å². The Morgan fingerprint density at radius 1 is 1.07 bits per heavy atom. The number of nitrogens with zero attached hydrogens (tertiary/aromatic N) is 4. The zero-order valence-corrected chi connectivity index (χ0v) is 16.9. The summed E-state index contributed by atoms with van der Waals surface area (Å²) < 4.78 is 13.9. The molecule has 2 N–H and O–H groups in total. The van der Waals surface area contributed by atoms with E-state index in [1.807, 2.05) is 37.3 Å². The summed E-state index contributed by atoms with van der Waals surface area (Å²) in [5.74, 6) is 0.286. The predicted octanol–water partition coefficient (Wildman–Crippen LogP) is 5.17. The van der Waals surface area contributed by atoms with E-state index in [0.717, 1.165) is 16.8 Å². The van der Waals surface area contributed by atoms with Gasteiger partial charge in [0.2, 0.25) is 0 Å². The number of benzene rings is 2. The van der Waals surface area contributed by atoms with Crippen molar-refractivity contribution in [2.45, 2.75) is 17.9 Å². The van der Waals surface area contributed by atoms with Crippen LogP contribution in [0.25, 0.3) is 33.2 Å². The first-order valence-corrected chi connectivity index (χ1v) is 9.84. The van der Waals surface area contributed by atoms with Gasteiger partial charge in [0.1, 0.15) is 17.7 Å². The van der Waals surface area contributed by atoms with Gasteiger partial charge in [0, 0.05) is 15.8 Å². The Hall–Kier alpha value is -3.52. The van der Waals surface area contributed by atoms with Crippen LogP contribution in [0, 0.1) is 5.82 Å². The van der Waals surface area contributed by atoms with E-state index < -0.39 is 0 Å². The molecule has 0 amide bonds. The van der Waals surface area contributed by atoms with Crippen LogP contribution in [-0.2, 0) is 0 Å². The summed E-state index contributed by atoms with van der Waals surface area (Å²) in [5, 5.41) is 4.07. The van der Waals surface area contributed by atoms with Gasteiger partial charge in [-0.1, -0.05) is 30.3 Å². The largest absolute Gasteiger partial charge is 0.360 e. The molecule has 2 aromatic carbocycles. The molecule has 0 radical (unpaired) electrons. The lowest BCUT2D eigenvalue weighted by atomic mass is 9.98. The van der Waals surface area contributed by atoms with E-state index >= 15 is 0 Å². The normalized spacial score (nSPS) is 12.4. The standard InChI is InChI=1S/C22H17FN6S/c1-12(28-22-19-21(25-10-24-19)26-11-27-22)18-17(13-5-3-2-4-6-13)20(30)15-9-14(23)7-8-16(15)29-18/h2-12H,1H3,(H,29,30)(H2,24,25,26,27,28)/t12-/m0/s1. The SMILES string of the molecule is C[C@H](Nc1ncnc2[nH]cnc12)c1nc2ccc(F)cc2c(S)c1-c1ccccc1. The van der Waals surface area contributed by atoms with Crippen LogP contribution in [-0.4, -0.2) is 24.9 Å². The molecule has 0 aliphatic rings. The number of aromatic amines is 1. The molecule has 5 rings (SSSR count). The highest BCUT2D eigenvalue weighted by Gasteiger charge is 2.21.